The highest BCUT2D eigenvalue weighted by atomic mass is 19.4. The van der Waals surface area contributed by atoms with Crippen LogP contribution in [0.2, 0.25) is 0 Å². The first-order valence-corrected chi connectivity index (χ1v) is 9.71. The van der Waals surface area contributed by atoms with Gasteiger partial charge in [-0.2, -0.15) is 18.3 Å². The van der Waals surface area contributed by atoms with Gasteiger partial charge in [0.1, 0.15) is 6.10 Å². The van der Waals surface area contributed by atoms with Crippen molar-refractivity contribution in [1.82, 2.24) is 14.8 Å². The number of methoxy groups -OCH3 is 1. The summed E-state index contributed by atoms with van der Waals surface area (Å²) >= 11 is 0. The van der Waals surface area contributed by atoms with Crippen LogP contribution in [0.1, 0.15) is 36.4 Å². The van der Waals surface area contributed by atoms with Gasteiger partial charge in [0.25, 0.3) is 0 Å². The van der Waals surface area contributed by atoms with Gasteiger partial charge in [0.15, 0.2) is 11.9 Å². The molecular weight excluding hydrogens is 415 g/mol. The number of hydrogen-bond donors (Lipinski definition) is 2. The summed E-state index contributed by atoms with van der Waals surface area (Å²) < 4.78 is 50.5. The van der Waals surface area contributed by atoms with Crippen LogP contribution in [-0.4, -0.2) is 51.5 Å². The number of rotatable bonds is 8. The number of pyridine rings is 1. The second-order valence-corrected chi connectivity index (χ2v) is 7.73. The van der Waals surface area contributed by atoms with E-state index in [2.05, 4.69) is 10.1 Å². The number of halogens is 3. The van der Waals surface area contributed by atoms with E-state index in [1.807, 2.05) is 0 Å². The molecule has 166 valence electrons. The van der Waals surface area contributed by atoms with Gasteiger partial charge in [-0.25, -0.2) is 9.67 Å². The molecule has 1 aromatic carbocycles. The number of aromatic nitrogens is 3. The maximum absolute atomic E-state index is 13.0. The lowest BCUT2D eigenvalue weighted by atomic mass is 10.1. The van der Waals surface area contributed by atoms with Gasteiger partial charge >= 0.3 is 6.18 Å². The summed E-state index contributed by atoms with van der Waals surface area (Å²) in [7, 11) is 1.40. The second kappa shape index (κ2) is 8.19. The molecule has 0 saturated heterocycles. The number of aliphatic hydroxyl groups is 2. The molecule has 0 bridgehead atoms. The van der Waals surface area contributed by atoms with Gasteiger partial charge in [-0.1, -0.05) is 12.1 Å². The lowest BCUT2D eigenvalue weighted by Crippen LogP contribution is -2.30. The normalized spacial score (nSPS) is 17.6. The molecule has 1 saturated carbocycles. The minimum Gasteiger partial charge on any atom is -0.386 e. The molecular formula is C21H22F3N3O4. The third-order valence-corrected chi connectivity index (χ3v) is 5.57. The second-order valence-electron chi connectivity index (χ2n) is 7.73. The van der Waals surface area contributed by atoms with Gasteiger partial charge < -0.3 is 19.7 Å². The fourth-order valence-electron chi connectivity index (χ4n) is 3.35. The predicted molar refractivity (Wildman–Crippen MR) is 104 cm³/mol. The lowest BCUT2D eigenvalue weighted by molar-refractivity contribution is -0.203. The average Bonchev–Trinajstić information content (AvgIpc) is 3.45. The summed E-state index contributed by atoms with van der Waals surface area (Å²) in [5, 5.41) is 25.0. The van der Waals surface area contributed by atoms with Gasteiger partial charge in [-0.3, -0.25) is 0 Å². The van der Waals surface area contributed by atoms with Crippen molar-refractivity contribution in [3.05, 3.63) is 53.9 Å². The van der Waals surface area contributed by atoms with Crippen LogP contribution in [0.25, 0.3) is 16.7 Å². The molecule has 0 aliphatic heterocycles. The van der Waals surface area contributed by atoms with E-state index in [1.54, 1.807) is 41.2 Å². The van der Waals surface area contributed by atoms with E-state index < -0.39 is 30.6 Å². The van der Waals surface area contributed by atoms with Crippen LogP contribution in [0, 0.1) is 5.41 Å². The Kier molecular flexibility index (Phi) is 5.73. The molecule has 2 atom stereocenters. The molecule has 2 aromatic heterocycles. The quantitative estimate of drug-likeness (QED) is 0.525. The monoisotopic (exact) mass is 437 g/mol. The first-order valence-electron chi connectivity index (χ1n) is 9.71. The molecule has 1 aliphatic carbocycles. The van der Waals surface area contributed by atoms with Crippen molar-refractivity contribution in [2.24, 2.45) is 5.41 Å². The number of nitrogens with zero attached hydrogens (tertiary/aromatic N) is 3. The molecule has 3 aromatic rings. The molecule has 10 heteroatoms. The first kappa shape index (κ1) is 21.7. The van der Waals surface area contributed by atoms with Crippen molar-refractivity contribution in [3.63, 3.8) is 0 Å². The van der Waals surface area contributed by atoms with Crippen molar-refractivity contribution < 1.29 is 32.9 Å². The summed E-state index contributed by atoms with van der Waals surface area (Å²) in [6, 6.07) is 8.62. The van der Waals surface area contributed by atoms with E-state index in [1.165, 1.54) is 13.3 Å². The van der Waals surface area contributed by atoms with Crippen LogP contribution in [0.4, 0.5) is 13.2 Å². The van der Waals surface area contributed by atoms with Crippen molar-refractivity contribution in [3.8, 4) is 5.69 Å². The Hall–Kier alpha value is -2.53. The standard InChI is InChI=1S/C21H22F3N3O4/c1-30-19(29)13-2-4-16(5-3-13)27-18-15(10-26-27)8-14(9-25-18)17(28)11-31-12-20(6-7-20)21(22,23)24/h2-5,8-10,17,19,28-29H,6-7,11-12H2,1H3/t17-,19?/m1/s1. The zero-order chi connectivity index (χ0) is 22.2. The van der Waals surface area contributed by atoms with Crippen LogP contribution in [0.5, 0.6) is 0 Å². The van der Waals surface area contributed by atoms with E-state index in [-0.39, 0.29) is 19.4 Å². The zero-order valence-electron chi connectivity index (χ0n) is 16.7. The maximum atomic E-state index is 13.0. The molecule has 0 amide bonds. The van der Waals surface area contributed by atoms with E-state index in [4.69, 9.17) is 9.47 Å². The van der Waals surface area contributed by atoms with E-state index in [0.29, 0.717) is 27.8 Å². The molecule has 7 nitrogen and oxygen atoms in total. The molecule has 1 unspecified atom stereocenters. The topological polar surface area (TPSA) is 89.6 Å². The van der Waals surface area contributed by atoms with Crippen LogP contribution in [-0.2, 0) is 9.47 Å². The summed E-state index contributed by atoms with van der Waals surface area (Å²) in [4.78, 5) is 4.35. The van der Waals surface area contributed by atoms with Gasteiger partial charge in [0.2, 0.25) is 0 Å². The highest BCUT2D eigenvalue weighted by Crippen LogP contribution is 2.57. The number of aliphatic hydroxyl groups excluding tert-OH is 2. The Bertz CT molecular complexity index is 1050. The third-order valence-electron chi connectivity index (χ3n) is 5.57. The summed E-state index contributed by atoms with van der Waals surface area (Å²) in [5.41, 5.74) is 0.534. The summed E-state index contributed by atoms with van der Waals surface area (Å²) in [6.45, 7) is -0.697. The average molecular weight is 437 g/mol. The Morgan fingerprint density at radius 2 is 1.84 bits per heavy atom. The molecule has 1 aliphatic rings. The van der Waals surface area contributed by atoms with Crippen LogP contribution < -0.4 is 0 Å². The van der Waals surface area contributed by atoms with Gasteiger partial charge in [-0.15, -0.1) is 0 Å². The number of ether oxygens (including phenoxy) is 2. The van der Waals surface area contributed by atoms with Crippen molar-refractivity contribution in [2.45, 2.75) is 31.4 Å². The predicted octanol–water partition coefficient (Wildman–Crippen LogP) is 3.45. The molecule has 0 radical (unpaired) electrons. The minimum absolute atomic E-state index is 0.0602. The fraction of sp³-hybridized carbons (Fsp3) is 0.429. The van der Waals surface area contributed by atoms with Crippen molar-refractivity contribution >= 4 is 11.0 Å². The fourth-order valence-corrected chi connectivity index (χ4v) is 3.35. The number of fused-ring (bicyclic) bond motifs is 1. The minimum atomic E-state index is -4.28. The Morgan fingerprint density at radius 1 is 1.13 bits per heavy atom. The highest BCUT2D eigenvalue weighted by molar-refractivity contribution is 5.76. The largest absolute Gasteiger partial charge is 0.396 e. The van der Waals surface area contributed by atoms with Crippen LogP contribution >= 0.6 is 0 Å². The first-order chi connectivity index (χ1) is 14.7. The van der Waals surface area contributed by atoms with Crippen LogP contribution in [0.15, 0.2) is 42.7 Å². The van der Waals surface area contributed by atoms with E-state index >= 15 is 0 Å². The number of hydrogen-bond acceptors (Lipinski definition) is 6. The molecule has 31 heavy (non-hydrogen) atoms. The number of alkyl halides is 3. The SMILES string of the molecule is COC(O)c1ccc(-n2ncc3cc([C@H](O)COCC4(C(F)(F)F)CC4)cnc32)cc1. The Labute approximate surface area is 176 Å². The van der Waals surface area contributed by atoms with Gasteiger partial charge in [0, 0.05) is 29.8 Å². The van der Waals surface area contributed by atoms with Crippen molar-refractivity contribution in [1.29, 1.82) is 0 Å². The molecule has 4 rings (SSSR count). The summed E-state index contributed by atoms with van der Waals surface area (Å²) in [6.07, 6.45) is -3.24. The molecule has 0 spiro atoms. The Morgan fingerprint density at radius 3 is 2.45 bits per heavy atom. The third kappa shape index (κ3) is 4.29. The summed E-state index contributed by atoms with van der Waals surface area (Å²) in [5.74, 6) is 0. The highest BCUT2D eigenvalue weighted by Gasteiger charge is 2.63. The van der Waals surface area contributed by atoms with Crippen LogP contribution in [0.3, 0.4) is 0 Å². The van der Waals surface area contributed by atoms with E-state index in [0.717, 1.165) is 0 Å². The van der Waals surface area contributed by atoms with Gasteiger partial charge in [-0.05, 0) is 31.0 Å². The zero-order valence-corrected chi connectivity index (χ0v) is 16.7. The maximum Gasteiger partial charge on any atom is 0.396 e. The number of benzene rings is 1. The molecule has 1 fully saturated rings. The van der Waals surface area contributed by atoms with E-state index in [9.17, 15) is 23.4 Å². The lowest BCUT2D eigenvalue weighted by Gasteiger charge is -2.20. The molecule has 2 heterocycles. The van der Waals surface area contributed by atoms with Crippen molar-refractivity contribution in [2.75, 3.05) is 20.3 Å². The smallest absolute Gasteiger partial charge is 0.386 e. The van der Waals surface area contributed by atoms with Gasteiger partial charge in [0.05, 0.1) is 30.5 Å². The Balaban J connectivity index is 1.44. The molecule has 2 N–H and O–H groups in total.